The Labute approximate surface area is 121 Å². The fraction of sp³-hybridized carbons (Fsp3) is 1.00. The summed E-state index contributed by atoms with van der Waals surface area (Å²) in [5, 5.41) is 3.69. The van der Waals surface area contributed by atoms with Gasteiger partial charge in [0.25, 0.3) is 0 Å². The third-order valence-corrected chi connectivity index (χ3v) is 4.70. The van der Waals surface area contributed by atoms with Gasteiger partial charge in [-0.3, -0.25) is 0 Å². The second kappa shape index (κ2) is 8.26. The van der Waals surface area contributed by atoms with Crippen LogP contribution in [0.25, 0.3) is 0 Å². The number of likely N-dealkylation sites (tertiary alicyclic amines) is 1. The molecule has 1 aliphatic rings. The molecule has 0 radical (unpaired) electrons. The van der Waals surface area contributed by atoms with Gasteiger partial charge in [0.1, 0.15) is 0 Å². The standard InChI is InChI=1S/C17H36N2/c1-6-11-18-16(7-2)14-19-12-8-9-15(10-13-19)17(3,4)5/h15-16,18H,6-14H2,1-5H3. The van der Waals surface area contributed by atoms with Crippen molar-refractivity contribution in [3.8, 4) is 0 Å². The summed E-state index contributed by atoms with van der Waals surface area (Å²) in [6.07, 6.45) is 6.67. The SMILES string of the molecule is CCCNC(CC)CN1CCCC(C(C)(C)C)CC1. The molecule has 2 unspecified atom stereocenters. The maximum absolute atomic E-state index is 3.69. The summed E-state index contributed by atoms with van der Waals surface area (Å²) in [5.41, 5.74) is 0.487. The van der Waals surface area contributed by atoms with Crippen molar-refractivity contribution in [1.82, 2.24) is 10.2 Å². The van der Waals surface area contributed by atoms with E-state index in [1.807, 2.05) is 0 Å². The largest absolute Gasteiger partial charge is 0.313 e. The number of rotatable bonds is 6. The van der Waals surface area contributed by atoms with Gasteiger partial charge >= 0.3 is 0 Å². The van der Waals surface area contributed by atoms with E-state index < -0.39 is 0 Å². The lowest BCUT2D eigenvalue weighted by Gasteiger charge is -2.30. The molecule has 0 aromatic carbocycles. The zero-order valence-electron chi connectivity index (χ0n) is 14.0. The summed E-state index contributed by atoms with van der Waals surface area (Å²) in [5.74, 6) is 0.904. The fourth-order valence-corrected chi connectivity index (χ4v) is 3.20. The highest BCUT2D eigenvalue weighted by Gasteiger charge is 2.27. The second-order valence-corrected chi connectivity index (χ2v) is 7.35. The molecule has 2 heteroatoms. The molecule has 1 fully saturated rings. The lowest BCUT2D eigenvalue weighted by molar-refractivity contribution is 0.202. The van der Waals surface area contributed by atoms with E-state index in [1.165, 1.54) is 51.7 Å². The van der Waals surface area contributed by atoms with Crippen LogP contribution in [0.15, 0.2) is 0 Å². The summed E-state index contributed by atoms with van der Waals surface area (Å²) in [4.78, 5) is 2.70. The quantitative estimate of drug-likeness (QED) is 0.785. The fourth-order valence-electron chi connectivity index (χ4n) is 3.20. The summed E-state index contributed by atoms with van der Waals surface area (Å²) in [6.45, 7) is 16.8. The summed E-state index contributed by atoms with van der Waals surface area (Å²) < 4.78 is 0. The first kappa shape index (κ1) is 17.0. The maximum atomic E-state index is 3.69. The van der Waals surface area contributed by atoms with Gasteiger partial charge in [0, 0.05) is 12.6 Å². The molecule has 0 bridgehead atoms. The number of nitrogens with zero attached hydrogens (tertiary/aromatic N) is 1. The van der Waals surface area contributed by atoms with Crippen LogP contribution in [0.2, 0.25) is 0 Å². The minimum atomic E-state index is 0.487. The molecular formula is C17H36N2. The normalized spacial score (nSPS) is 24.2. The lowest BCUT2D eigenvalue weighted by atomic mass is 9.77. The van der Waals surface area contributed by atoms with Crippen molar-refractivity contribution >= 4 is 0 Å². The molecule has 0 spiro atoms. The molecule has 1 aliphatic heterocycles. The van der Waals surface area contributed by atoms with Gasteiger partial charge in [-0.15, -0.1) is 0 Å². The highest BCUT2D eigenvalue weighted by atomic mass is 15.1. The average Bonchev–Trinajstić information content (AvgIpc) is 2.59. The highest BCUT2D eigenvalue weighted by Crippen LogP contribution is 2.34. The van der Waals surface area contributed by atoms with E-state index in [1.54, 1.807) is 0 Å². The van der Waals surface area contributed by atoms with Crippen LogP contribution in [-0.2, 0) is 0 Å². The van der Waals surface area contributed by atoms with Gasteiger partial charge in [-0.2, -0.15) is 0 Å². The smallest absolute Gasteiger partial charge is 0.0192 e. The zero-order chi connectivity index (χ0) is 14.3. The van der Waals surface area contributed by atoms with Gasteiger partial charge in [0.2, 0.25) is 0 Å². The summed E-state index contributed by atoms with van der Waals surface area (Å²) >= 11 is 0. The Hall–Kier alpha value is -0.0800. The van der Waals surface area contributed by atoms with Crippen LogP contribution in [0.4, 0.5) is 0 Å². The molecule has 0 amide bonds. The first-order chi connectivity index (χ1) is 8.97. The first-order valence-electron chi connectivity index (χ1n) is 8.43. The molecule has 1 saturated heterocycles. The van der Waals surface area contributed by atoms with Crippen LogP contribution in [0.5, 0.6) is 0 Å². The van der Waals surface area contributed by atoms with Gasteiger partial charge in [0.05, 0.1) is 0 Å². The van der Waals surface area contributed by atoms with Gasteiger partial charge in [-0.25, -0.2) is 0 Å². The topological polar surface area (TPSA) is 15.3 Å². The van der Waals surface area contributed by atoms with Crippen molar-refractivity contribution in [2.75, 3.05) is 26.2 Å². The Morgan fingerprint density at radius 2 is 1.89 bits per heavy atom. The molecule has 2 atom stereocenters. The molecule has 0 aromatic heterocycles. The third-order valence-electron chi connectivity index (χ3n) is 4.70. The minimum absolute atomic E-state index is 0.487. The Kier molecular flexibility index (Phi) is 7.38. The van der Waals surface area contributed by atoms with Crippen LogP contribution in [0, 0.1) is 11.3 Å². The van der Waals surface area contributed by atoms with Crippen LogP contribution < -0.4 is 5.32 Å². The highest BCUT2D eigenvalue weighted by molar-refractivity contribution is 4.80. The van der Waals surface area contributed by atoms with E-state index in [0.717, 1.165) is 12.5 Å². The van der Waals surface area contributed by atoms with E-state index >= 15 is 0 Å². The van der Waals surface area contributed by atoms with E-state index in [-0.39, 0.29) is 0 Å². The Morgan fingerprint density at radius 3 is 2.47 bits per heavy atom. The van der Waals surface area contributed by atoms with Crippen LogP contribution in [0.1, 0.15) is 66.7 Å². The molecule has 19 heavy (non-hydrogen) atoms. The van der Waals surface area contributed by atoms with Crippen molar-refractivity contribution in [3.63, 3.8) is 0 Å². The van der Waals surface area contributed by atoms with Crippen molar-refractivity contribution in [1.29, 1.82) is 0 Å². The summed E-state index contributed by atoms with van der Waals surface area (Å²) in [7, 11) is 0. The van der Waals surface area contributed by atoms with Gasteiger partial charge < -0.3 is 10.2 Å². The first-order valence-corrected chi connectivity index (χ1v) is 8.43. The minimum Gasteiger partial charge on any atom is -0.313 e. The molecule has 1 heterocycles. The van der Waals surface area contributed by atoms with Crippen molar-refractivity contribution in [3.05, 3.63) is 0 Å². The molecule has 1 rings (SSSR count). The number of nitrogens with one attached hydrogen (secondary N) is 1. The Bertz CT molecular complexity index is 232. The molecule has 0 aromatic rings. The number of hydrogen-bond donors (Lipinski definition) is 1. The molecule has 0 saturated carbocycles. The van der Waals surface area contributed by atoms with Crippen molar-refractivity contribution < 1.29 is 0 Å². The zero-order valence-corrected chi connectivity index (χ0v) is 14.0. The van der Waals surface area contributed by atoms with E-state index in [4.69, 9.17) is 0 Å². The monoisotopic (exact) mass is 268 g/mol. The molecule has 1 N–H and O–H groups in total. The van der Waals surface area contributed by atoms with Gasteiger partial charge in [-0.05, 0) is 63.1 Å². The average molecular weight is 268 g/mol. The van der Waals surface area contributed by atoms with Crippen molar-refractivity contribution in [2.24, 2.45) is 11.3 Å². The van der Waals surface area contributed by atoms with E-state index in [2.05, 4.69) is 44.8 Å². The van der Waals surface area contributed by atoms with Crippen LogP contribution >= 0.6 is 0 Å². The predicted molar refractivity (Wildman–Crippen MR) is 85.6 cm³/mol. The maximum Gasteiger partial charge on any atom is 0.0192 e. The second-order valence-electron chi connectivity index (χ2n) is 7.35. The molecular weight excluding hydrogens is 232 g/mol. The van der Waals surface area contributed by atoms with Crippen LogP contribution in [0.3, 0.4) is 0 Å². The van der Waals surface area contributed by atoms with Gasteiger partial charge in [0.15, 0.2) is 0 Å². The number of hydrogen-bond acceptors (Lipinski definition) is 2. The molecule has 114 valence electrons. The van der Waals surface area contributed by atoms with Crippen LogP contribution in [-0.4, -0.2) is 37.1 Å². The lowest BCUT2D eigenvalue weighted by Crippen LogP contribution is -2.41. The van der Waals surface area contributed by atoms with E-state index in [0.29, 0.717) is 11.5 Å². The molecule has 0 aliphatic carbocycles. The molecule has 2 nitrogen and oxygen atoms in total. The van der Waals surface area contributed by atoms with Gasteiger partial charge in [-0.1, -0.05) is 34.6 Å². The Balaban J connectivity index is 2.39. The van der Waals surface area contributed by atoms with E-state index in [9.17, 15) is 0 Å². The van der Waals surface area contributed by atoms with Crippen molar-refractivity contribution in [2.45, 2.75) is 72.8 Å². The summed E-state index contributed by atoms with van der Waals surface area (Å²) in [6, 6.07) is 0.686. The Morgan fingerprint density at radius 1 is 1.16 bits per heavy atom. The predicted octanol–water partition coefficient (Wildman–Crippen LogP) is 3.91. The third kappa shape index (κ3) is 6.27.